The largest absolute Gasteiger partial charge is 0.380 e. The highest BCUT2D eigenvalue weighted by Crippen LogP contribution is 2.46. The number of aromatic nitrogens is 1. The Morgan fingerprint density at radius 2 is 1.70 bits per heavy atom. The predicted molar refractivity (Wildman–Crippen MR) is 87.8 cm³/mol. The van der Waals surface area contributed by atoms with Crippen molar-refractivity contribution in [2.75, 3.05) is 5.32 Å². The summed E-state index contributed by atoms with van der Waals surface area (Å²) >= 11 is 12.2. The Morgan fingerprint density at radius 1 is 1.15 bits per heavy atom. The van der Waals surface area contributed by atoms with Gasteiger partial charge in [0.15, 0.2) is 5.15 Å². The van der Waals surface area contributed by atoms with E-state index in [1.807, 2.05) is 13.0 Å². The minimum atomic E-state index is 0.347. The van der Waals surface area contributed by atoms with Crippen molar-refractivity contribution in [2.45, 2.75) is 59.9 Å². The molecule has 0 amide bonds. The summed E-state index contributed by atoms with van der Waals surface area (Å²) < 4.78 is 0. The molecule has 1 saturated carbocycles. The van der Waals surface area contributed by atoms with Crippen molar-refractivity contribution in [2.24, 2.45) is 10.8 Å². The molecule has 0 aliphatic heterocycles. The first-order chi connectivity index (χ1) is 9.08. The van der Waals surface area contributed by atoms with Crippen molar-refractivity contribution in [1.82, 2.24) is 4.98 Å². The van der Waals surface area contributed by atoms with Crippen molar-refractivity contribution in [3.63, 3.8) is 0 Å². The molecule has 0 spiro atoms. The molecule has 0 saturated heterocycles. The fourth-order valence-electron chi connectivity index (χ4n) is 3.92. The maximum absolute atomic E-state index is 6.24. The van der Waals surface area contributed by atoms with E-state index in [1.54, 1.807) is 0 Å². The van der Waals surface area contributed by atoms with E-state index in [4.69, 9.17) is 23.2 Å². The molecule has 112 valence electrons. The molecule has 0 unspecified atom stereocenters. The number of aryl methyl sites for hydroxylation is 1. The maximum Gasteiger partial charge on any atom is 0.154 e. The zero-order valence-corrected chi connectivity index (χ0v) is 14.5. The van der Waals surface area contributed by atoms with Gasteiger partial charge >= 0.3 is 0 Å². The smallest absolute Gasteiger partial charge is 0.154 e. The van der Waals surface area contributed by atoms with Crippen molar-refractivity contribution < 1.29 is 0 Å². The molecule has 20 heavy (non-hydrogen) atoms. The number of halogens is 2. The topological polar surface area (TPSA) is 24.9 Å². The molecular weight excluding hydrogens is 291 g/mol. The van der Waals surface area contributed by atoms with Gasteiger partial charge in [0, 0.05) is 6.04 Å². The summed E-state index contributed by atoms with van der Waals surface area (Å²) in [7, 11) is 0. The highest BCUT2D eigenvalue weighted by Gasteiger charge is 2.38. The minimum Gasteiger partial charge on any atom is -0.380 e. The van der Waals surface area contributed by atoms with Crippen LogP contribution in [0.2, 0.25) is 10.3 Å². The number of pyridine rings is 1. The summed E-state index contributed by atoms with van der Waals surface area (Å²) in [5.41, 5.74) is 2.67. The molecule has 1 aliphatic rings. The fourth-order valence-corrected chi connectivity index (χ4v) is 4.51. The number of hydrogen-bond donors (Lipinski definition) is 1. The highest BCUT2D eigenvalue weighted by atomic mass is 35.5. The Balaban J connectivity index is 2.22. The molecule has 1 N–H and O–H groups in total. The predicted octanol–water partition coefficient (Wildman–Crippen LogP) is 5.71. The molecule has 1 aliphatic carbocycles. The van der Waals surface area contributed by atoms with Gasteiger partial charge in [0.05, 0.1) is 5.69 Å². The van der Waals surface area contributed by atoms with Gasteiger partial charge in [-0.05, 0) is 48.6 Å². The number of rotatable bonds is 2. The number of hydrogen-bond acceptors (Lipinski definition) is 2. The van der Waals surface area contributed by atoms with Crippen molar-refractivity contribution in [3.8, 4) is 0 Å². The fraction of sp³-hybridized carbons (Fsp3) is 0.688. The number of nitrogens with one attached hydrogen (secondary N) is 1. The van der Waals surface area contributed by atoms with Crippen LogP contribution in [0, 0.1) is 17.8 Å². The average molecular weight is 315 g/mol. The number of anilines is 1. The van der Waals surface area contributed by atoms with Crippen LogP contribution in [-0.4, -0.2) is 11.0 Å². The molecule has 4 heteroatoms. The molecule has 1 fully saturated rings. The molecule has 2 nitrogen and oxygen atoms in total. The SMILES string of the molecule is Cc1cc(Cl)nc(Cl)c1NC1CC(C)(C)CC(C)(C)C1. The lowest BCUT2D eigenvalue weighted by atomic mass is 9.63. The second kappa shape index (κ2) is 5.38. The van der Waals surface area contributed by atoms with Crippen molar-refractivity contribution in [3.05, 3.63) is 21.9 Å². The van der Waals surface area contributed by atoms with E-state index >= 15 is 0 Å². The third kappa shape index (κ3) is 3.79. The molecule has 0 aromatic carbocycles. The normalized spacial score (nSPS) is 21.8. The first-order valence-electron chi connectivity index (χ1n) is 7.17. The molecule has 1 heterocycles. The first kappa shape index (κ1) is 15.9. The van der Waals surface area contributed by atoms with Crippen LogP contribution < -0.4 is 5.32 Å². The van der Waals surface area contributed by atoms with Crippen LogP contribution in [0.1, 0.15) is 52.5 Å². The molecule has 1 aromatic rings. The highest BCUT2D eigenvalue weighted by molar-refractivity contribution is 6.34. The minimum absolute atomic E-state index is 0.347. The van der Waals surface area contributed by atoms with Crippen LogP contribution in [0.15, 0.2) is 6.07 Å². The Labute approximate surface area is 132 Å². The Kier molecular flexibility index (Phi) is 4.28. The van der Waals surface area contributed by atoms with E-state index in [1.165, 1.54) is 6.42 Å². The monoisotopic (exact) mass is 314 g/mol. The van der Waals surface area contributed by atoms with E-state index < -0.39 is 0 Å². The first-order valence-corrected chi connectivity index (χ1v) is 7.93. The molecular formula is C16H24Cl2N2. The zero-order valence-electron chi connectivity index (χ0n) is 13.0. The molecule has 0 atom stereocenters. The molecule has 2 rings (SSSR count). The summed E-state index contributed by atoms with van der Waals surface area (Å²) in [5.74, 6) is 0. The van der Waals surface area contributed by atoms with Gasteiger partial charge in [0.25, 0.3) is 0 Å². The van der Waals surface area contributed by atoms with Gasteiger partial charge in [-0.15, -0.1) is 0 Å². The van der Waals surface area contributed by atoms with Crippen molar-refractivity contribution >= 4 is 28.9 Å². The third-order valence-electron chi connectivity index (χ3n) is 4.04. The summed E-state index contributed by atoms with van der Waals surface area (Å²) in [6.45, 7) is 11.4. The van der Waals surface area contributed by atoms with Gasteiger partial charge in [0.1, 0.15) is 5.15 Å². The van der Waals surface area contributed by atoms with E-state index in [0.717, 1.165) is 24.1 Å². The second-order valence-electron chi connectivity index (χ2n) is 7.68. The van der Waals surface area contributed by atoms with Gasteiger partial charge in [-0.3, -0.25) is 0 Å². The van der Waals surface area contributed by atoms with Crippen LogP contribution in [0.3, 0.4) is 0 Å². The van der Waals surface area contributed by atoms with E-state index in [2.05, 4.69) is 38.0 Å². The Morgan fingerprint density at radius 3 is 2.20 bits per heavy atom. The maximum atomic E-state index is 6.24. The van der Waals surface area contributed by atoms with Crippen LogP contribution in [0.5, 0.6) is 0 Å². The van der Waals surface area contributed by atoms with E-state index in [0.29, 0.717) is 27.2 Å². The average Bonchev–Trinajstić information content (AvgIpc) is 2.18. The Hall–Kier alpha value is -0.470. The van der Waals surface area contributed by atoms with E-state index in [-0.39, 0.29) is 0 Å². The molecule has 0 radical (unpaired) electrons. The van der Waals surface area contributed by atoms with Crippen molar-refractivity contribution in [1.29, 1.82) is 0 Å². The third-order valence-corrected chi connectivity index (χ3v) is 4.51. The van der Waals surface area contributed by atoms with Crippen LogP contribution in [0.4, 0.5) is 5.69 Å². The zero-order chi connectivity index (χ0) is 15.1. The van der Waals surface area contributed by atoms with Crippen LogP contribution in [-0.2, 0) is 0 Å². The lowest BCUT2D eigenvalue weighted by molar-refractivity contribution is 0.105. The quantitative estimate of drug-likeness (QED) is 0.707. The summed E-state index contributed by atoms with van der Waals surface area (Å²) in [5, 5.41) is 4.52. The summed E-state index contributed by atoms with van der Waals surface area (Å²) in [4.78, 5) is 4.14. The second-order valence-corrected chi connectivity index (χ2v) is 8.43. The lowest BCUT2D eigenvalue weighted by Gasteiger charge is -2.45. The summed E-state index contributed by atoms with van der Waals surface area (Å²) in [6.07, 6.45) is 3.55. The van der Waals surface area contributed by atoms with E-state index in [9.17, 15) is 0 Å². The summed E-state index contributed by atoms with van der Waals surface area (Å²) in [6, 6.07) is 2.28. The number of nitrogens with zero attached hydrogens (tertiary/aromatic N) is 1. The van der Waals surface area contributed by atoms with Gasteiger partial charge in [-0.1, -0.05) is 50.9 Å². The van der Waals surface area contributed by atoms with Crippen LogP contribution >= 0.6 is 23.2 Å². The van der Waals surface area contributed by atoms with Gasteiger partial charge in [-0.25, -0.2) is 4.98 Å². The van der Waals surface area contributed by atoms with Crippen LogP contribution in [0.25, 0.3) is 0 Å². The standard InChI is InChI=1S/C16H24Cl2N2/c1-10-6-12(17)20-14(18)13(10)19-11-7-15(2,3)9-16(4,5)8-11/h6,11,19H,7-9H2,1-5H3. The molecule has 1 aromatic heterocycles. The molecule has 0 bridgehead atoms. The Bertz CT molecular complexity index is 470. The van der Waals surface area contributed by atoms with Gasteiger partial charge in [0.2, 0.25) is 0 Å². The lowest BCUT2D eigenvalue weighted by Crippen LogP contribution is -2.40. The van der Waals surface area contributed by atoms with Gasteiger partial charge in [-0.2, -0.15) is 0 Å². The van der Waals surface area contributed by atoms with Gasteiger partial charge < -0.3 is 5.32 Å².